The van der Waals surface area contributed by atoms with Gasteiger partial charge in [-0.3, -0.25) is 4.79 Å². The van der Waals surface area contributed by atoms with Crippen LogP contribution in [-0.4, -0.2) is 29.9 Å². The van der Waals surface area contributed by atoms with Gasteiger partial charge in [-0.1, -0.05) is 33.5 Å². The van der Waals surface area contributed by atoms with E-state index >= 15 is 0 Å². The number of pyridine rings is 1. The Balaban J connectivity index is 1.48. The average molecular weight is 679 g/mol. The Kier molecular flexibility index (Phi) is 9.47. The number of carbonyl (C=O) groups excluding carboxylic acids is 1. The second-order valence-corrected chi connectivity index (χ2v) is 11.7. The van der Waals surface area contributed by atoms with E-state index in [4.69, 9.17) is 9.47 Å². The van der Waals surface area contributed by atoms with Crippen molar-refractivity contribution < 1.29 is 23.0 Å². The molecule has 44 heavy (non-hydrogen) atoms. The molecule has 0 aliphatic carbocycles. The van der Waals surface area contributed by atoms with Gasteiger partial charge in [0.1, 0.15) is 21.9 Å². The summed E-state index contributed by atoms with van der Waals surface area (Å²) in [5, 5.41) is 4.69. The van der Waals surface area contributed by atoms with Gasteiger partial charge in [0.25, 0.3) is 11.6 Å². The molecule has 0 saturated carbocycles. The summed E-state index contributed by atoms with van der Waals surface area (Å²) in [6.45, 7) is 2.24. The van der Waals surface area contributed by atoms with Gasteiger partial charge in [0.15, 0.2) is 0 Å². The Morgan fingerprint density at radius 1 is 1.00 bits per heavy atom. The summed E-state index contributed by atoms with van der Waals surface area (Å²) in [6.07, 6.45) is 0. The van der Waals surface area contributed by atoms with Gasteiger partial charge in [-0.2, -0.15) is 8.78 Å². The van der Waals surface area contributed by atoms with Gasteiger partial charge >= 0.3 is 0 Å². The number of rotatable bonds is 10. The van der Waals surface area contributed by atoms with Gasteiger partial charge in [0.05, 0.1) is 25.4 Å². The zero-order valence-electron chi connectivity index (χ0n) is 24.4. The van der Waals surface area contributed by atoms with E-state index in [0.717, 1.165) is 27.7 Å². The monoisotopic (exact) mass is 677 g/mol. The number of amides is 1. The molecule has 0 bridgehead atoms. The minimum Gasteiger partial charge on any atom is -0.496 e. The van der Waals surface area contributed by atoms with Crippen LogP contribution in [0.2, 0.25) is 0 Å². The lowest BCUT2D eigenvalue weighted by atomic mass is 10.0. The van der Waals surface area contributed by atoms with E-state index in [0.29, 0.717) is 27.4 Å². The number of halogens is 3. The molecule has 5 rings (SSSR count). The maximum absolute atomic E-state index is 14.2. The van der Waals surface area contributed by atoms with Gasteiger partial charge in [-0.25, -0.2) is 4.98 Å². The Bertz CT molecular complexity index is 1800. The number of anilines is 1. The summed E-state index contributed by atoms with van der Waals surface area (Å²) in [7, 11) is 4.98. The normalized spacial score (nSPS) is 12.1. The maximum Gasteiger partial charge on any atom is 0.283 e. The average Bonchev–Trinajstić information content (AvgIpc) is 3.02. The van der Waals surface area contributed by atoms with Gasteiger partial charge in [-0.15, -0.1) is 0 Å². The molecule has 0 spiro atoms. The first kappa shape index (κ1) is 31.4. The molecule has 10 heteroatoms. The Morgan fingerprint density at radius 3 is 2.43 bits per heavy atom. The fraction of sp³-hybridized carbons (Fsp3) is 0.176. The molecule has 0 saturated heterocycles. The van der Waals surface area contributed by atoms with Gasteiger partial charge < -0.3 is 19.7 Å². The number of nitrogens with one attached hydrogen (secondary N) is 1. The highest BCUT2D eigenvalue weighted by molar-refractivity contribution is 9.10. The summed E-state index contributed by atoms with van der Waals surface area (Å²) < 4.78 is 39.6. The number of alkyl halides is 2. The van der Waals surface area contributed by atoms with Crippen LogP contribution < -0.4 is 14.8 Å². The molecule has 0 aliphatic rings. The fourth-order valence-corrected chi connectivity index (χ4v) is 5.48. The van der Waals surface area contributed by atoms with E-state index in [1.54, 1.807) is 24.1 Å². The molecule has 0 aliphatic heterocycles. The third kappa shape index (κ3) is 7.01. The molecule has 6 nitrogen and oxygen atoms in total. The van der Waals surface area contributed by atoms with Crippen molar-refractivity contribution in [3.05, 3.63) is 124 Å². The molecule has 5 aromatic rings. The number of ether oxygens (including phenoxy) is 2. The van der Waals surface area contributed by atoms with Crippen molar-refractivity contribution in [2.75, 3.05) is 19.5 Å². The second kappa shape index (κ2) is 13.3. The fourth-order valence-electron chi connectivity index (χ4n) is 4.93. The highest BCUT2D eigenvalue weighted by Crippen LogP contribution is 2.37. The molecule has 1 heterocycles. The van der Waals surface area contributed by atoms with Crippen LogP contribution in [-0.2, 0) is 12.2 Å². The molecule has 4 aromatic carbocycles. The van der Waals surface area contributed by atoms with Gasteiger partial charge in [0.2, 0.25) is 0 Å². The summed E-state index contributed by atoms with van der Waals surface area (Å²) in [6, 6.07) is 27.7. The summed E-state index contributed by atoms with van der Waals surface area (Å²) in [5.74, 6) is 1.46. The molecule has 1 N–H and O–H groups in total. The quantitative estimate of drug-likeness (QED) is 0.118. The smallest absolute Gasteiger partial charge is 0.283 e. The van der Waals surface area contributed by atoms with Crippen LogP contribution in [0.4, 0.5) is 14.5 Å². The van der Waals surface area contributed by atoms with Crippen molar-refractivity contribution in [1.29, 1.82) is 0 Å². The molecule has 1 aromatic heterocycles. The molecule has 2 atom stereocenters. The minimum atomic E-state index is -3.01. The highest BCUT2D eigenvalue weighted by atomic mass is 79.9. The number of benzene rings is 4. The predicted molar refractivity (Wildman–Crippen MR) is 177 cm³/mol. The number of carbonyl (C=O) groups is 1. The number of hydrogen-bond donors (Lipinski definition) is 1. The van der Waals surface area contributed by atoms with E-state index in [-0.39, 0.29) is 24.1 Å². The number of aromatic nitrogens is 1. The van der Waals surface area contributed by atoms with Gasteiger partial charge in [-0.05, 0) is 95.0 Å². The molecular formula is C34H31BrF2N3O3P. The van der Waals surface area contributed by atoms with E-state index < -0.39 is 5.66 Å². The molecule has 1 amide bonds. The van der Waals surface area contributed by atoms with Crippen LogP contribution in [0.1, 0.15) is 40.1 Å². The topological polar surface area (TPSA) is 63.7 Å². The van der Waals surface area contributed by atoms with Crippen molar-refractivity contribution in [3.8, 4) is 17.2 Å². The SMILES string of the molecule is CNc1ccc(CN(C(=O)c2ccc3c(Oc4ccc(C(F)(F)P)cc4)cccc3c2)C(C)c2cccc(Br)n2)c(OC)c1. The lowest BCUT2D eigenvalue weighted by molar-refractivity contribution is 0.0669. The van der Waals surface area contributed by atoms with E-state index in [2.05, 4.69) is 26.2 Å². The van der Waals surface area contributed by atoms with Crippen LogP contribution in [0.15, 0.2) is 102 Å². The van der Waals surface area contributed by atoms with Crippen LogP contribution in [0, 0.1) is 0 Å². The van der Waals surface area contributed by atoms with E-state index in [1.807, 2.05) is 74.6 Å². The molecule has 0 radical (unpaired) electrons. The van der Waals surface area contributed by atoms with Crippen molar-refractivity contribution >= 4 is 47.5 Å². The van der Waals surface area contributed by atoms with Crippen molar-refractivity contribution in [1.82, 2.24) is 9.88 Å². The number of methoxy groups -OCH3 is 1. The maximum atomic E-state index is 14.2. The Morgan fingerprint density at radius 2 is 1.75 bits per heavy atom. The first-order chi connectivity index (χ1) is 21.1. The van der Waals surface area contributed by atoms with Crippen LogP contribution in [0.5, 0.6) is 17.2 Å². The third-order valence-electron chi connectivity index (χ3n) is 7.36. The van der Waals surface area contributed by atoms with Crippen molar-refractivity contribution in [2.24, 2.45) is 0 Å². The minimum absolute atomic E-state index is 0.122. The zero-order chi connectivity index (χ0) is 31.4. The standard InChI is InChI=1S/C34H31BrF2N3O3P/c1-21(29-7-5-9-32(35)39-29)40(20-24-10-14-26(38-2)19-31(24)42-3)33(41)23-11-17-28-22(18-23)6-4-8-30(28)43-27-15-12-25(13-16-27)34(36,37)44/h4-19,21,38H,20,44H2,1-3H3. The third-order valence-corrected chi connectivity index (χ3v) is 8.14. The Hall–Kier alpha value is -4.07. The molecule has 226 valence electrons. The van der Waals surface area contributed by atoms with E-state index in [9.17, 15) is 13.6 Å². The molecular weight excluding hydrogens is 647 g/mol. The molecule has 0 fully saturated rings. The lowest BCUT2D eigenvalue weighted by Gasteiger charge is -2.30. The van der Waals surface area contributed by atoms with Crippen LogP contribution in [0.25, 0.3) is 10.8 Å². The first-order valence-corrected chi connectivity index (χ1v) is 15.2. The Labute approximate surface area is 265 Å². The van der Waals surface area contributed by atoms with E-state index in [1.165, 1.54) is 33.5 Å². The van der Waals surface area contributed by atoms with Crippen LogP contribution >= 0.6 is 25.2 Å². The summed E-state index contributed by atoms with van der Waals surface area (Å²) in [4.78, 5) is 20.6. The second-order valence-electron chi connectivity index (χ2n) is 10.2. The summed E-state index contributed by atoms with van der Waals surface area (Å²) in [5.41, 5.74) is -0.154. The van der Waals surface area contributed by atoms with Crippen molar-refractivity contribution in [2.45, 2.75) is 25.2 Å². The van der Waals surface area contributed by atoms with Crippen molar-refractivity contribution in [3.63, 3.8) is 0 Å². The largest absolute Gasteiger partial charge is 0.496 e. The van der Waals surface area contributed by atoms with Crippen LogP contribution in [0.3, 0.4) is 0 Å². The summed E-state index contributed by atoms with van der Waals surface area (Å²) >= 11 is 3.45. The predicted octanol–water partition coefficient (Wildman–Crippen LogP) is 9.17. The zero-order valence-corrected chi connectivity index (χ0v) is 27.1. The highest BCUT2D eigenvalue weighted by Gasteiger charge is 2.26. The van der Waals surface area contributed by atoms with Gasteiger partial charge in [0, 0.05) is 40.9 Å². The first-order valence-electron chi connectivity index (χ1n) is 13.8. The molecule has 2 unspecified atom stereocenters. The number of nitrogens with zero attached hydrogens (tertiary/aromatic N) is 2. The number of fused-ring (bicyclic) bond motifs is 1. The lowest BCUT2D eigenvalue weighted by Crippen LogP contribution is -2.33. The number of hydrogen-bond acceptors (Lipinski definition) is 5.